The number of aromatic nitrogens is 2. The average molecular weight is 452 g/mol. The van der Waals surface area contributed by atoms with Crippen molar-refractivity contribution in [2.24, 2.45) is 0 Å². The Bertz CT molecular complexity index is 1340. The summed E-state index contributed by atoms with van der Waals surface area (Å²) in [6, 6.07) is 27.6. The Labute approximate surface area is 197 Å². The predicted octanol–water partition coefficient (Wildman–Crippen LogP) is 5.40. The maximum Gasteiger partial charge on any atom is 0.264 e. The van der Waals surface area contributed by atoms with E-state index < -0.39 is 0 Å². The van der Waals surface area contributed by atoms with Crippen molar-refractivity contribution in [2.45, 2.75) is 20.0 Å². The molecule has 0 spiro atoms. The molecule has 0 unspecified atom stereocenters. The summed E-state index contributed by atoms with van der Waals surface area (Å²) in [6.45, 7) is 3.96. The van der Waals surface area contributed by atoms with Gasteiger partial charge >= 0.3 is 0 Å². The van der Waals surface area contributed by atoms with Crippen molar-refractivity contribution < 1.29 is 9.53 Å². The normalized spacial score (nSPS) is 11.3. The number of aromatic amines is 1. The molecule has 0 aliphatic heterocycles. The zero-order valence-corrected chi connectivity index (χ0v) is 19.0. The molecule has 0 saturated carbocycles. The second-order valence-electron chi connectivity index (χ2n) is 8.00. The van der Waals surface area contributed by atoms with Crippen LogP contribution in [-0.4, -0.2) is 22.2 Å². The lowest BCUT2D eigenvalue weighted by Crippen LogP contribution is -2.13. The number of carbonyl (C=O) groups is 1. The molecule has 0 saturated heterocycles. The van der Waals surface area contributed by atoms with Gasteiger partial charge in [-0.05, 0) is 61.4 Å². The molecule has 0 radical (unpaired) electrons. The highest BCUT2D eigenvalue weighted by molar-refractivity contribution is 6.29. The van der Waals surface area contributed by atoms with Crippen molar-refractivity contribution in [1.82, 2.24) is 10.2 Å². The number of benzene rings is 3. The summed E-state index contributed by atoms with van der Waals surface area (Å²) >= 11 is 0. The van der Waals surface area contributed by atoms with Crippen molar-refractivity contribution in [1.29, 1.82) is 0 Å². The standard InChI is InChI=1S/C28H25N3O3/c1-19(2)34-24-13-11-20(12-14-24)17-25(21-7-4-3-5-8-21)28(33)29-23-10-6-9-22(18-23)26-15-16-27(32)31-30-26/h3-19H,1-2H3,(H,29,33)(H,31,32)/b25-17+. The zero-order valence-electron chi connectivity index (χ0n) is 19.0. The minimum atomic E-state index is -0.269. The minimum Gasteiger partial charge on any atom is -0.491 e. The number of nitrogens with zero attached hydrogens (tertiary/aromatic N) is 1. The first-order valence-corrected chi connectivity index (χ1v) is 11.0. The van der Waals surface area contributed by atoms with Crippen LogP contribution in [0.1, 0.15) is 25.0 Å². The van der Waals surface area contributed by atoms with Gasteiger partial charge in [0.05, 0.1) is 11.8 Å². The van der Waals surface area contributed by atoms with E-state index in [-0.39, 0.29) is 17.6 Å². The Morgan fingerprint density at radius 2 is 1.71 bits per heavy atom. The lowest BCUT2D eigenvalue weighted by Gasteiger charge is -2.12. The van der Waals surface area contributed by atoms with Gasteiger partial charge in [-0.1, -0.05) is 54.6 Å². The molecule has 0 bridgehead atoms. The highest BCUT2D eigenvalue weighted by atomic mass is 16.5. The summed E-state index contributed by atoms with van der Waals surface area (Å²) in [4.78, 5) is 24.7. The Hall–Kier alpha value is -4.45. The summed E-state index contributed by atoms with van der Waals surface area (Å²) in [6.07, 6.45) is 1.95. The maximum atomic E-state index is 13.4. The average Bonchev–Trinajstić information content (AvgIpc) is 2.84. The summed E-state index contributed by atoms with van der Waals surface area (Å²) in [5.41, 5.74) is 3.97. The van der Waals surface area contributed by atoms with Crippen LogP contribution in [-0.2, 0) is 4.79 Å². The van der Waals surface area contributed by atoms with Crippen LogP contribution in [0.15, 0.2) is 95.8 Å². The van der Waals surface area contributed by atoms with Gasteiger partial charge < -0.3 is 10.1 Å². The molecule has 0 aliphatic carbocycles. The number of anilines is 1. The molecule has 0 aliphatic rings. The third-order valence-corrected chi connectivity index (χ3v) is 4.99. The second kappa shape index (κ2) is 10.4. The number of hydrogen-bond donors (Lipinski definition) is 2. The van der Waals surface area contributed by atoms with Gasteiger partial charge in [-0.15, -0.1) is 0 Å². The lowest BCUT2D eigenvalue weighted by atomic mass is 10.0. The van der Waals surface area contributed by atoms with Crippen LogP contribution in [0.5, 0.6) is 5.75 Å². The number of carbonyl (C=O) groups excluding carboxylic acids is 1. The van der Waals surface area contributed by atoms with E-state index in [0.717, 1.165) is 22.4 Å². The van der Waals surface area contributed by atoms with E-state index in [1.54, 1.807) is 6.07 Å². The van der Waals surface area contributed by atoms with Crippen LogP contribution >= 0.6 is 0 Å². The van der Waals surface area contributed by atoms with Crippen molar-refractivity contribution >= 4 is 23.2 Å². The van der Waals surface area contributed by atoms with Gasteiger partial charge in [-0.25, -0.2) is 5.10 Å². The van der Waals surface area contributed by atoms with Gasteiger partial charge in [-0.2, -0.15) is 5.10 Å². The van der Waals surface area contributed by atoms with Gasteiger partial charge in [0.25, 0.3) is 11.5 Å². The van der Waals surface area contributed by atoms with Gasteiger partial charge in [0.2, 0.25) is 0 Å². The number of ether oxygens (including phenoxy) is 1. The Kier molecular flexibility index (Phi) is 6.98. The molecule has 0 fully saturated rings. The third-order valence-electron chi connectivity index (χ3n) is 4.99. The van der Waals surface area contributed by atoms with E-state index in [9.17, 15) is 9.59 Å². The second-order valence-corrected chi connectivity index (χ2v) is 8.00. The molecular formula is C28H25N3O3. The highest BCUT2D eigenvalue weighted by Gasteiger charge is 2.13. The molecular weight excluding hydrogens is 426 g/mol. The highest BCUT2D eigenvalue weighted by Crippen LogP contribution is 2.24. The van der Waals surface area contributed by atoms with E-state index >= 15 is 0 Å². The van der Waals surface area contributed by atoms with E-state index in [1.165, 1.54) is 6.07 Å². The van der Waals surface area contributed by atoms with Crippen molar-refractivity contribution in [2.75, 3.05) is 5.32 Å². The fourth-order valence-electron chi connectivity index (χ4n) is 3.44. The molecule has 1 amide bonds. The van der Waals surface area contributed by atoms with Crippen molar-refractivity contribution in [3.63, 3.8) is 0 Å². The largest absolute Gasteiger partial charge is 0.491 e. The summed E-state index contributed by atoms with van der Waals surface area (Å²) in [5.74, 6) is 0.547. The molecule has 0 atom stereocenters. The van der Waals surface area contributed by atoms with Crippen LogP contribution in [0.2, 0.25) is 0 Å². The lowest BCUT2D eigenvalue weighted by molar-refractivity contribution is -0.111. The summed E-state index contributed by atoms with van der Waals surface area (Å²) < 4.78 is 5.71. The minimum absolute atomic E-state index is 0.0918. The van der Waals surface area contributed by atoms with Crippen molar-refractivity contribution in [3.8, 4) is 17.0 Å². The van der Waals surface area contributed by atoms with E-state index in [4.69, 9.17) is 4.74 Å². The van der Waals surface area contributed by atoms with Crippen LogP contribution in [0, 0.1) is 0 Å². The first-order chi connectivity index (χ1) is 16.5. The van der Waals surface area contributed by atoms with E-state index in [1.807, 2.05) is 98.8 Å². The Balaban J connectivity index is 1.62. The zero-order chi connectivity index (χ0) is 23.9. The van der Waals surface area contributed by atoms with Gasteiger partial charge in [0, 0.05) is 22.9 Å². The maximum absolute atomic E-state index is 13.4. The molecule has 1 heterocycles. The SMILES string of the molecule is CC(C)Oc1ccc(/C=C(/C(=O)Nc2cccc(-c3ccc(=O)[nH]n3)c2)c2ccccc2)cc1. The van der Waals surface area contributed by atoms with Crippen molar-refractivity contribution in [3.05, 3.63) is 112 Å². The summed E-state index contributed by atoms with van der Waals surface area (Å²) in [5, 5.41) is 9.48. The molecule has 2 N–H and O–H groups in total. The van der Waals surface area contributed by atoms with Crippen LogP contribution in [0.3, 0.4) is 0 Å². The van der Waals surface area contributed by atoms with Gasteiger partial charge in [0.15, 0.2) is 0 Å². The van der Waals surface area contributed by atoms with Crippen LogP contribution in [0.25, 0.3) is 22.9 Å². The smallest absolute Gasteiger partial charge is 0.264 e. The molecule has 1 aromatic heterocycles. The molecule has 34 heavy (non-hydrogen) atoms. The number of amides is 1. The monoisotopic (exact) mass is 451 g/mol. The predicted molar refractivity (Wildman–Crippen MR) is 135 cm³/mol. The number of H-pyrrole nitrogens is 1. The van der Waals surface area contributed by atoms with Gasteiger partial charge in [-0.3, -0.25) is 9.59 Å². The topological polar surface area (TPSA) is 84.1 Å². The van der Waals surface area contributed by atoms with Crippen LogP contribution in [0.4, 0.5) is 5.69 Å². The third kappa shape index (κ3) is 5.86. The molecule has 6 nitrogen and oxygen atoms in total. The number of hydrogen-bond acceptors (Lipinski definition) is 4. The fraction of sp³-hybridized carbons (Fsp3) is 0.107. The summed E-state index contributed by atoms with van der Waals surface area (Å²) in [7, 11) is 0. The fourth-order valence-corrected chi connectivity index (χ4v) is 3.44. The first-order valence-electron chi connectivity index (χ1n) is 11.0. The number of nitrogens with one attached hydrogen (secondary N) is 2. The van der Waals surface area contributed by atoms with Crippen LogP contribution < -0.4 is 15.6 Å². The van der Waals surface area contributed by atoms with E-state index in [2.05, 4.69) is 15.5 Å². The van der Waals surface area contributed by atoms with Gasteiger partial charge in [0.1, 0.15) is 5.75 Å². The molecule has 4 aromatic rings. The molecule has 6 heteroatoms. The Morgan fingerprint density at radius 1 is 0.941 bits per heavy atom. The first kappa shape index (κ1) is 22.7. The Morgan fingerprint density at radius 3 is 2.38 bits per heavy atom. The van der Waals surface area contributed by atoms with E-state index in [0.29, 0.717) is 17.0 Å². The molecule has 4 rings (SSSR count). The quantitative estimate of drug-likeness (QED) is 0.291. The molecule has 3 aromatic carbocycles. The molecule has 170 valence electrons. The number of rotatable bonds is 7.